The van der Waals surface area contributed by atoms with Crippen molar-refractivity contribution in [3.8, 4) is 17.2 Å². The van der Waals surface area contributed by atoms with Crippen molar-refractivity contribution in [2.75, 3.05) is 40.4 Å². The Morgan fingerprint density at radius 1 is 0.974 bits per heavy atom. The number of nitrogens with zero attached hydrogens (tertiary/aromatic N) is 2. The number of aliphatic hydroxyl groups excluding tert-OH is 1. The molecule has 0 aliphatic carbocycles. The number of hydrogen-bond acceptors (Lipinski definition) is 7. The predicted molar refractivity (Wildman–Crippen MR) is 142 cm³/mol. The number of likely N-dealkylation sites (tertiary alicyclic amines) is 1. The van der Waals surface area contributed by atoms with Gasteiger partial charge < -0.3 is 29.1 Å². The summed E-state index contributed by atoms with van der Waals surface area (Å²) in [5.74, 6) is 0.114. The molecule has 0 bridgehead atoms. The normalized spacial score (nSPS) is 18.2. The fourth-order valence-corrected chi connectivity index (χ4v) is 4.60. The fraction of sp³-hybridized carbons (Fsp3) is 0.267. The van der Waals surface area contributed by atoms with Crippen molar-refractivity contribution in [3.05, 3.63) is 95.1 Å². The van der Waals surface area contributed by atoms with Crippen LogP contribution in [0.4, 0.5) is 0 Å². The van der Waals surface area contributed by atoms with E-state index < -0.39 is 17.7 Å². The molecule has 2 aliphatic heterocycles. The maximum Gasteiger partial charge on any atom is 0.295 e. The molecule has 3 aromatic carbocycles. The first kappa shape index (κ1) is 25.4. The van der Waals surface area contributed by atoms with Crippen LogP contribution in [0.5, 0.6) is 17.2 Å². The van der Waals surface area contributed by atoms with Gasteiger partial charge in [0.05, 0.1) is 11.6 Å². The summed E-state index contributed by atoms with van der Waals surface area (Å²) in [5, 5.41) is 11.4. The monoisotopic (exact) mass is 514 g/mol. The summed E-state index contributed by atoms with van der Waals surface area (Å²) in [6.07, 6.45) is 0. The molecule has 1 fully saturated rings. The van der Waals surface area contributed by atoms with Crippen LogP contribution in [0.15, 0.2) is 78.4 Å². The van der Waals surface area contributed by atoms with Gasteiger partial charge in [0, 0.05) is 18.7 Å². The zero-order chi connectivity index (χ0) is 26.6. The average molecular weight is 515 g/mol. The summed E-state index contributed by atoms with van der Waals surface area (Å²) in [6, 6.07) is 21.4. The highest BCUT2D eigenvalue weighted by Crippen LogP contribution is 2.41. The van der Waals surface area contributed by atoms with Crippen LogP contribution in [0.25, 0.3) is 5.76 Å². The Bertz CT molecular complexity index is 1350. The number of benzene rings is 3. The standard InChI is InChI=1S/C30H30N2O6/c1-31(2)14-15-32-27(21-8-11-23(12-9-21)38-19-20-6-4-3-5-7-20)26(29(34)30(32)35)28(33)22-10-13-24-25(18-22)37-17-16-36-24/h3-13,18,27,33H,14-17,19H2,1-2H3. The number of carbonyl (C=O) groups excluding carboxylic acids is 2. The number of carbonyl (C=O) groups is 2. The summed E-state index contributed by atoms with van der Waals surface area (Å²) in [7, 11) is 3.80. The quantitative estimate of drug-likeness (QED) is 0.276. The first-order valence-corrected chi connectivity index (χ1v) is 12.5. The Morgan fingerprint density at radius 2 is 1.68 bits per heavy atom. The van der Waals surface area contributed by atoms with Crippen molar-refractivity contribution in [1.29, 1.82) is 0 Å². The Hall–Kier alpha value is -4.30. The summed E-state index contributed by atoms with van der Waals surface area (Å²) >= 11 is 0. The van der Waals surface area contributed by atoms with Gasteiger partial charge in [0.1, 0.15) is 31.3 Å². The number of aliphatic hydroxyl groups is 1. The third kappa shape index (κ3) is 5.21. The van der Waals surface area contributed by atoms with Gasteiger partial charge in [-0.15, -0.1) is 0 Å². The highest BCUT2D eigenvalue weighted by molar-refractivity contribution is 6.46. The summed E-state index contributed by atoms with van der Waals surface area (Å²) in [4.78, 5) is 29.9. The highest BCUT2D eigenvalue weighted by atomic mass is 16.6. The topological polar surface area (TPSA) is 88.5 Å². The van der Waals surface area contributed by atoms with Gasteiger partial charge in [-0.3, -0.25) is 9.59 Å². The van der Waals surface area contributed by atoms with E-state index in [2.05, 4.69) is 0 Å². The lowest BCUT2D eigenvalue weighted by Crippen LogP contribution is -2.35. The summed E-state index contributed by atoms with van der Waals surface area (Å²) < 4.78 is 17.1. The van der Waals surface area contributed by atoms with Crippen molar-refractivity contribution in [3.63, 3.8) is 0 Å². The number of rotatable bonds is 8. The van der Waals surface area contributed by atoms with Crippen LogP contribution in [0.3, 0.4) is 0 Å². The third-order valence-corrected chi connectivity index (χ3v) is 6.59. The maximum absolute atomic E-state index is 13.3. The number of likely N-dealkylation sites (N-methyl/N-ethyl adjacent to an activating group) is 1. The molecule has 0 aromatic heterocycles. The lowest BCUT2D eigenvalue weighted by Gasteiger charge is -2.27. The molecule has 1 amide bonds. The Kier molecular flexibility index (Phi) is 7.33. The van der Waals surface area contributed by atoms with E-state index in [1.807, 2.05) is 73.6 Å². The summed E-state index contributed by atoms with van der Waals surface area (Å²) in [6.45, 7) is 2.15. The van der Waals surface area contributed by atoms with Crippen molar-refractivity contribution < 1.29 is 28.9 Å². The molecule has 0 spiro atoms. The van der Waals surface area contributed by atoms with E-state index in [9.17, 15) is 14.7 Å². The maximum atomic E-state index is 13.3. The Morgan fingerprint density at radius 3 is 2.39 bits per heavy atom. The van der Waals surface area contributed by atoms with Gasteiger partial charge in [-0.25, -0.2) is 0 Å². The van der Waals surface area contributed by atoms with E-state index in [4.69, 9.17) is 14.2 Å². The number of hydrogen-bond donors (Lipinski definition) is 1. The first-order chi connectivity index (χ1) is 18.4. The lowest BCUT2D eigenvalue weighted by molar-refractivity contribution is -0.140. The third-order valence-electron chi connectivity index (χ3n) is 6.59. The second-order valence-electron chi connectivity index (χ2n) is 9.50. The minimum atomic E-state index is -0.744. The average Bonchev–Trinajstić information content (AvgIpc) is 3.20. The van der Waals surface area contributed by atoms with E-state index >= 15 is 0 Å². The molecule has 0 radical (unpaired) electrons. The molecular weight excluding hydrogens is 484 g/mol. The smallest absolute Gasteiger partial charge is 0.295 e. The first-order valence-electron chi connectivity index (χ1n) is 12.5. The molecule has 3 aromatic rings. The molecule has 8 heteroatoms. The number of fused-ring (bicyclic) bond motifs is 1. The van der Waals surface area contributed by atoms with Crippen LogP contribution in [-0.2, 0) is 16.2 Å². The van der Waals surface area contributed by atoms with E-state index in [1.165, 1.54) is 4.90 Å². The van der Waals surface area contributed by atoms with Crippen LogP contribution < -0.4 is 14.2 Å². The van der Waals surface area contributed by atoms with Crippen LogP contribution in [0.2, 0.25) is 0 Å². The van der Waals surface area contributed by atoms with Crippen molar-refractivity contribution in [2.24, 2.45) is 0 Å². The van der Waals surface area contributed by atoms with Crippen molar-refractivity contribution in [1.82, 2.24) is 9.80 Å². The number of ether oxygens (including phenoxy) is 3. The molecule has 5 rings (SSSR count). The zero-order valence-electron chi connectivity index (χ0n) is 21.4. The van der Waals surface area contributed by atoms with Gasteiger partial charge in [-0.05, 0) is 55.6 Å². The van der Waals surface area contributed by atoms with Crippen molar-refractivity contribution >= 4 is 17.4 Å². The molecule has 38 heavy (non-hydrogen) atoms. The minimum absolute atomic E-state index is 0.0448. The van der Waals surface area contributed by atoms with E-state index in [0.717, 1.165) is 5.56 Å². The van der Waals surface area contributed by atoms with E-state index in [0.29, 0.717) is 61.3 Å². The van der Waals surface area contributed by atoms with E-state index in [-0.39, 0.29) is 11.3 Å². The Balaban J connectivity index is 1.49. The SMILES string of the molecule is CN(C)CCN1C(=O)C(=O)C(=C(O)c2ccc3c(c2)OCCO3)C1c1ccc(OCc2ccccc2)cc1. The highest BCUT2D eigenvalue weighted by Gasteiger charge is 2.46. The van der Waals surface area contributed by atoms with Gasteiger partial charge in [-0.2, -0.15) is 0 Å². The molecule has 196 valence electrons. The molecule has 1 atom stereocenters. The van der Waals surface area contributed by atoms with Gasteiger partial charge >= 0.3 is 0 Å². The molecule has 1 unspecified atom stereocenters. The molecule has 1 N–H and O–H groups in total. The fourth-order valence-electron chi connectivity index (χ4n) is 4.60. The predicted octanol–water partition coefficient (Wildman–Crippen LogP) is 4.02. The zero-order valence-corrected chi connectivity index (χ0v) is 21.4. The lowest BCUT2D eigenvalue weighted by atomic mass is 9.95. The van der Waals surface area contributed by atoms with Crippen LogP contribution in [-0.4, -0.2) is 67.0 Å². The minimum Gasteiger partial charge on any atom is -0.507 e. The molecule has 2 heterocycles. The summed E-state index contributed by atoms with van der Waals surface area (Å²) in [5.41, 5.74) is 2.18. The Labute approximate surface area is 221 Å². The van der Waals surface area contributed by atoms with Gasteiger partial charge in [-0.1, -0.05) is 42.5 Å². The van der Waals surface area contributed by atoms with Crippen LogP contribution >= 0.6 is 0 Å². The number of amides is 1. The molecule has 1 saturated heterocycles. The molecule has 0 saturated carbocycles. The molecule has 8 nitrogen and oxygen atoms in total. The largest absolute Gasteiger partial charge is 0.507 e. The molecular formula is C30H30N2O6. The van der Waals surface area contributed by atoms with Crippen molar-refractivity contribution in [2.45, 2.75) is 12.6 Å². The number of Topliss-reactive ketones (excluding diaryl/α,β-unsaturated/α-hetero) is 1. The van der Waals surface area contributed by atoms with Gasteiger partial charge in [0.15, 0.2) is 11.5 Å². The second-order valence-corrected chi connectivity index (χ2v) is 9.50. The van der Waals surface area contributed by atoms with Gasteiger partial charge in [0.2, 0.25) is 0 Å². The van der Waals surface area contributed by atoms with Crippen LogP contribution in [0, 0.1) is 0 Å². The van der Waals surface area contributed by atoms with E-state index in [1.54, 1.807) is 18.2 Å². The second kappa shape index (κ2) is 11.0. The van der Waals surface area contributed by atoms with Gasteiger partial charge in [0.25, 0.3) is 11.7 Å². The number of ketones is 1. The molecule has 2 aliphatic rings. The van der Waals surface area contributed by atoms with Crippen LogP contribution in [0.1, 0.15) is 22.7 Å².